The van der Waals surface area contributed by atoms with Gasteiger partial charge in [0.15, 0.2) is 0 Å². The predicted molar refractivity (Wildman–Crippen MR) is 86.2 cm³/mol. The van der Waals surface area contributed by atoms with Crippen LogP contribution in [0.4, 0.5) is 4.39 Å². The molecule has 0 aliphatic heterocycles. The van der Waals surface area contributed by atoms with Gasteiger partial charge in [-0.25, -0.2) is 4.39 Å². The van der Waals surface area contributed by atoms with Crippen molar-refractivity contribution in [2.45, 2.75) is 19.9 Å². The van der Waals surface area contributed by atoms with Gasteiger partial charge in [0.05, 0.1) is 11.6 Å². The van der Waals surface area contributed by atoms with E-state index in [0.29, 0.717) is 20.6 Å². The van der Waals surface area contributed by atoms with Gasteiger partial charge in [-0.05, 0) is 65.2 Å². The number of nitrogens with one attached hydrogen (secondary N) is 1. The highest BCUT2D eigenvalue weighted by atomic mass is 79.9. The Kier molecular flexibility index (Phi) is 5.01. The highest BCUT2D eigenvalue weighted by Crippen LogP contribution is 2.23. The summed E-state index contributed by atoms with van der Waals surface area (Å²) in [4.78, 5) is 12.2. The summed E-state index contributed by atoms with van der Waals surface area (Å²) in [5, 5.41) is 3.39. The lowest BCUT2D eigenvalue weighted by Gasteiger charge is -2.15. The molecule has 21 heavy (non-hydrogen) atoms. The van der Waals surface area contributed by atoms with E-state index in [4.69, 9.17) is 11.6 Å². The molecule has 5 heteroatoms. The molecule has 1 atom stereocenters. The molecule has 1 N–H and O–H groups in total. The fraction of sp³-hybridized carbons (Fsp3) is 0.188. The molecule has 2 nitrogen and oxygen atoms in total. The van der Waals surface area contributed by atoms with Crippen LogP contribution < -0.4 is 5.32 Å². The molecule has 0 aromatic heterocycles. The molecule has 2 aromatic rings. The van der Waals surface area contributed by atoms with E-state index in [-0.39, 0.29) is 17.8 Å². The minimum atomic E-state index is -0.296. The summed E-state index contributed by atoms with van der Waals surface area (Å²) in [5.74, 6) is -0.520. The lowest BCUT2D eigenvalue weighted by atomic mass is 10.1. The normalized spacial score (nSPS) is 12.0. The van der Waals surface area contributed by atoms with E-state index in [1.807, 2.05) is 6.92 Å². The number of amides is 1. The Morgan fingerprint density at radius 1 is 1.29 bits per heavy atom. The molecule has 0 bridgehead atoms. The van der Waals surface area contributed by atoms with Crippen molar-refractivity contribution in [1.82, 2.24) is 5.32 Å². The molecule has 1 unspecified atom stereocenters. The van der Waals surface area contributed by atoms with Crippen LogP contribution in [0.2, 0.25) is 5.02 Å². The van der Waals surface area contributed by atoms with Crippen LogP contribution in [0.25, 0.3) is 0 Å². The van der Waals surface area contributed by atoms with Gasteiger partial charge in [0, 0.05) is 9.50 Å². The van der Waals surface area contributed by atoms with Gasteiger partial charge in [0.25, 0.3) is 5.91 Å². The average Bonchev–Trinajstić information content (AvgIpc) is 2.41. The SMILES string of the molecule is Cc1ccc(C(C)NC(=O)c2ccc(Cl)cc2Br)cc1F. The van der Waals surface area contributed by atoms with Crippen LogP contribution in [0, 0.1) is 12.7 Å². The topological polar surface area (TPSA) is 29.1 Å². The zero-order valence-corrected chi connectivity index (χ0v) is 13.9. The predicted octanol–water partition coefficient (Wildman–Crippen LogP) is 5.04. The molecule has 0 fully saturated rings. The third-order valence-corrected chi connectivity index (χ3v) is 4.11. The quantitative estimate of drug-likeness (QED) is 0.805. The van der Waals surface area contributed by atoms with E-state index in [1.54, 1.807) is 37.3 Å². The molecule has 2 aromatic carbocycles. The first-order valence-electron chi connectivity index (χ1n) is 6.40. The molecule has 0 aliphatic carbocycles. The molecule has 0 aliphatic rings. The average molecular weight is 371 g/mol. The van der Waals surface area contributed by atoms with Gasteiger partial charge in [-0.15, -0.1) is 0 Å². The highest BCUT2D eigenvalue weighted by Gasteiger charge is 2.15. The van der Waals surface area contributed by atoms with Crippen LogP contribution in [-0.2, 0) is 0 Å². The summed E-state index contributed by atoms with van der Waals surface area (Å²) in [6, 6.07) is 9.60. The van der Waals surface area contributed by atoms with Gasteiger partial charge in [-0.3, -0.25) is 4.79 Å². The summed E-state index contributed by atoms with van der Waals surface area (Å²) < 4.78 is 14.2. The Balaban J connectivity index is 2.16. The third kappa shape index (κ3) is 3.83. The van der Waals surface area contributed by atoms with Gasteiger partial charge in [0.1, 0.15) is 5.82 Å². The van der Waals surface area contributed by atoms with Gasteiger partial charge in [-0.2, -0.15) is 0 Å². The smallest absolute Gasteiger partial charge is 0.252 e. The molecular weight excluding hydrogens is 357 g/mol. The Hall–Kier alpha value is -1.39. The van der Waals surface area contributed by atoms with E-state index >= 15 is 0 Å². The molecule has 110 valence electrons. The van der Waals surface area contributed by atoms with Crippen molar-refractivity contribution in [2.24, 2.45) is 0 Å². The van der Waals surface area contributed by atoms with Crippen molar-refractivity contribution in [2.75, 3.05) is 0 Å². The molecule has 2 rings (SSSR count). The number of hydrogen-bond donors (Lipinski definition) is 1. The first-order valence-corrected chi connectivity index (χ1v) is 7.57. The number of aryl methyl sites for hydroxylation is 1. The zero-order chi connectivity index (χ0) is 15.6. The Morgan fingerprint density at radius 2 is 2.00 bits per heavy atom. The van der Waals surface area contributed by atoms with Crippen LogP contribution in [-0.4, -0.2) is 5.91 Å². The summed E-state index contributed by atoms with van der Waals surface area (Å²) in [6.07, 6.45) is 0. The fourth-order valence-electron chi connectivity index (χ4n) is 1.91. The second-order valence-electron chi connectivity index (χ2n) is 4.83. The van der Waals surface area contributed by atoms with Crippen molar-refractivity contribution >= 4 is 33.4 Å². The van der Waals surface area contributed by atoms with Crippen LogP contribution in [0.5, 0.6) is 0 Å². The lowest BCUT2D eigenvalue weighted by molar-refractivity contribution is 0.0939. The van der Waals surface area contributed by atoms with E-state index in [0.717, 1.165) is 5.56 Å². The molecule has 0 spiro atoms. The van der Waals surface area contributed by atoms with E-state index in [2.05, 4.69) is 21.2 Å². The molecule has 0 heterocycles. The third-order valence-electron chi connectivity index (χ3n) is 3.22. The monoisotopic (exact) mass is 369 g/mol. The Labute approximate surface area is 136 Å². The summed E-state index contributed by atoms with van der Waals surface area (Å²) in [7, 11) is 0. The maximum Gasteiger partial charge on any atom is 0.252 e. The van der Waals surface area contributed by atoms with Gasteiger partial charge >= 0.3 is 0 Å². The minimum Gasteiger partial charge on any atom is -0.345 e. The Morgan fingerprint density at radius 3 is 2.62 bits per heavy atom. The fourth-order valence-corrected chi connectivity index (χ4v) is 2.77. The number of benzene rings is 2. The molecule has 0 saturated heterocycles. The summed E-state index contributed by atoms with van der Waals surface area (Å²) in [5.41, 5.74) is 1.79. The zero-order valence-electron chi connectivity index (χ0n) is 11.6. The second-order valence-corrected chi connectivity index (χ2v) is 6.12. The van der Waals surface area contributed by atoms with Crippen molar-refractivity contribution in [3.63, 3.8) is 0 Å². The molecule has 0 radical (unpaired) electrons. The summed E-state index contributed by atoms with van der Waals surface area (Å²) >= 11 is 9.16. The maximum absolute atomic E-state index is 13.6. The van der Waals surface area contributed by atoms with Crippen LogP contribution in [0.3, 0.4) is 0 Å². The largest absolute Gasteiger partial charge is 0.345 e. The minimum absolute atomic E-state index is 0.243. The van der Waals surface area contributed by atoms with Gasteiger partial charge in [-0.1, -0.05) is 23.7 Å². The first-order chi connectivity index (χ1) is 9.88. The van der Waals surface area contributed by atoms with Crippen molar-refractivity contribution < 1.29 is 9.18 Å². The summed E-state index contributed by atoms with van der Waals surface area (Å²) in [6.45, 7) is 3.51. The van der Waals surface area contributed by atoms with E-state index in [1.165, 1.54) is 6.07 Å². The van der Waals surface area contributed by atoms with Gasteiger partial charge < -0.3 is 5.32 Å². The maximum atomic E-state index is 13.6. The number of carbonyl (C=O) groups is 1. The molecule has 1 amide bonds. The number of carbonyl (C=O) groups excluding carboxylic acids is 1. The highest BCUT2D eigenvalue weighted by molar-refractivity contribution is 9.10. The standard InChI is InChI=1S/C16H14BrClFNO/c1-9-3-4-11(7-15(9)19)10(2)20-16(21)13-6-5-12(18)8-14(13)17/h3-8,10H,1-2H3,(H,20,21). The first kappa shape index (κ1) is 16.0. The molecule has 0 saturated carbocycles. The number of hydrogen-bond acceptors (Lipinski definition) is 1. The van der Waals surface area contributed by atoms with Crippen molar-refractivity contribution in [3.05, 3.63) is 68.4 Å². The molecular formula is C16H14BrClFNO. The van der Waals surface area contributed by atoms with Crippen molar-refractivity contribution in [1.29, 1.82) is 0 Å². The van der Waals surface area contributed by atoms with Crippen LogP contribution >= 0.6 is 27.5 Å². The Bertz CT molecular complexity index is 690. The van der Waals surface area contributed by atoms with E-state index in [9.17, 15) is 9.18 Å². The number of rotatable bonds is 3. The lowest BCUT2D eigenvalue weighted by Crippen LogP contribution is -2.27. The second kappa shape index (κ2) is 6.58. The van der Waals surface area contributed by atoms with Crippen LogP contribution in [0.1, 0.15) is 34.5 Å². The van der Waals surface area contributed by atoms with E-state index < -0.39 is 0 Å². The number of halogens is 3. The van der Waals surface area contributed by atoms with Crippen molar-refractivity contribution in [3.8, 4) is 0 Å². The van der Waals surface area contributed by atoms with Crippen LogP contribution in [0.15, 0.2) is 40.9 Å². The van der Waals surface area contributed by atoms with Gasteiger partial charge in [0.2, 0.25) is 0 Å².